The summed E-state index contributed by atoms with van der Waals surface area (Å²) in [7, 11) is 0. The average molecular weight is 353 g/mol. The van der Waals surface area contributed by atoms with Crippen molar-refractivity contribution in [1.82, 2.24) is 10.2 Å². The van der Waals surface area contributed by atoms with Gasteiger partial charge in [-0.05, 0) is 70.4 Å². The monoisotopic (exact) mass is 352 g/mol. The Labute approximate surface area is 138 Å². The van der Waals surface area contributed by atoms with Gasteiger partial charge < -0.3 is 5.32 Å². The lowest BCUT2D eigenvalue weighted by atomic mass is 9.86. The van der Waals surface area contributed by atoms with E-state index in [4.69, 9.17) is 0 Å². The summed E-state index contributed by atoms with van der Waals surface area (Å²) in [5, 5.41) is 3.73. The molecule has 1 heterocycles. The largest absolute Gasteiger partial charge is 0.312 e. The molecule has 21 heavy (non-hydrogen) atoms. The number of nitrogens with one attached hydrogen (secondary N) is 1. The van der Waals surface area contributed by atoms with Gasteiger partial charge >= 0.3 is 0 Å². The van der Waals surface area contributed by atoms with E-state index in [-0.39, 0.29) is 5.54 Å². The summed E-state index contributed by atoms with van der Waals surface area (Å²) in [6.07, 6.45) is 5.17. The quantitative estimate of drug-likeness (QED) is 0.823. The lowest BCUT2D eigenvalue weighted by Gasteiger charge is -2.46. The van der Waals surface area contributed by atoms with Crippen LogP contribution in [-0.4, -0.2) is 36.1 Å². The molecule has 0 saturated carbocycles. The van der Waals surface area contributed by atoms with Crippen molar-refractivity contribution in [2.24, 2.45) is 0 Å². The van der Waals surface area contributed by atoms with Crippen molar-refractivity contribution in [3.63, 3.8) is 0 Å². The van der Waals surface area contributed by atoms with Crippen molar-refractivity contribution in [3.8, 4) is 0 Å². The van der Waals surface area contributed by atoms with E-state index in [0.29, 0.717) is 6.04 Å². The Balaban J connectivity index is 2.12. The maximum absolute atomic E-state index is 3.73. The fourth-order valence-electron chi connectivity index (χ4n) is 3.41. The molecule has 1 fully saturated rings. The topological polar surface area (TPSA) is 15.3 Å². The molecular weight excluding hydrogens is 324 g/mol. The van der Waals surface area contributed by atoms with Crippen LogP contribution in [0.1, 0.15) is 45.6 Å². The summed E-state index contributed by atoms with van der Waals surface area (Å²) in [5.74, 6) is 0. The number of likely N-dealkylation sites (N-methyl/N-ethyl adjacent to an activating group) is 1. The smallest absolute Gasteiger partial charge is 0.0309 e. The van der Waals surface area contributed by atoms with Crippen LogP contribution in [0.4, 0.5) is 0 Å². The molecule has 2 rings (SSSR count). The summed E-state index contributed by atoms with van der Waals surface area (Å²) in [6.45, 7) is 10.5. The molecule has 0 radical (unpaired) electrons. The summed E-state index contributed by atoms with van der Waals surface area (Å²) < 4.78 is 1.17. The summed E-state index contributed by atoms with van der Waals surface area (Å²) in [5.41, 5.74) is 1.60. The van der Waals surface area contributed by atoms with Gasteiger partial charge in [-0.15, -0.1) is 0 Å². The van der Waals surface area contributed by atoms with Crippen molar-refractivity contribution in [2.75, 3.05) is 19.6 Å². The zero-order chi connectivity index (χ0) is 15.3. The molecule has 1 aliphatic rings. The van der Waals surface area contributed by atoms with Crippen LogP contribution in [0.25, 0.3) is 0 Å². The number of rotatable bonds is 6. The number of nitrogens with zero attached hydrogens (tertiary/aromatic N) is 1. The van der Waals surface area contributed by atoms with E-state index in [1.165, 1.54) is 42.4 Å². The van der Waals surface area contributed by atoms with Crippen LogP contribution in [0.15, 0.2) is 28.7 Å². The van der Waals surface area contributed by atoms with Crippen molar-refractivity contribution < 1.29 is 0 Å². The molecule has 0 bridgehead atoms. The van der Waals surface area contributed by atoms with E-state index in [9.17, 15) is 0 Å². The number of likely N-dealkylation sites (tertiary alicyclic amines) is 1. The molecule has 1 aromatic rings. The Morgan fingerprint density at radius 1 is 1.24 bits per heavy atom. The van der Waals surface area contributed by atoms with Gasteiger partial charge in [0.25, 0.3) is 0 Å². The second-order valence-electron chi connectivity index (χ2n) is 6.65. The van der Waals surface area contributed by atoms with Crippen LogP contribution in [-0.2, 0) is 6.42 Å². The van der Waals surface area contributed by atoms with E-state index in [1.807, 2.05) is 0 Å². The third-order valence-electron chi connectivity index (χ3n) is 4.80. The Bertz CT molecular complexity index is 439. The maximum Gasteiger partial charge on any atom is 0.0309 e. The zero-order valence-corrected chi connectivity index (χ0v) is 15.2. The van der Waals surface area contributed by atoms with Gasteiger partial charge in [0.2, 0.25) is 0 Å². The molecule has 2 nitrogen and oxygen atoms in total. The molecule has 1 saturated heterocycles. The minimum atomic E-state index is 0.193. The first-order chi connectivity index (χ1) is 10.0. The van der Waals surface area contributed by atoms with Crippen LogP contribution in [0.3, 0.4) is 0 Å². The predicted molar refractivity (Wildman–Crippen MR) is 94.8 cm³/mol. The molecule has 3 heteroatoms. The molecule has 0 spiro atoms. The van der Waals surface area contributed by atoms with Gasteiger partial charge in [-0.25, -0.2) is 0 Å². The van der Waals surface area contributed by atoms with Gasteiger partial charge in [-0.3, -0.25) is 4.90 Å². The van der Waals surface area contributed by atoms with Crippen LogP contribution in [0.2, 0.25) is 0 Å². The molecule has 0 aliphatic carbocycles. The first kappa shape index (κ1) is 17.0. The number of piperidine rings is 1. The van der Waals surface area contributed by atoms with Gasteiger partial charge in [0.1, 0.15) is 0 Å². The van der Waals surface area contributed by atoms with Gasteiger partial charge in [0, 0.05) is 16.1 Å². The fourth-order valence-corrected chi connectivity index (χ4v) is 3.85. The van der Waals surface area contributed by atoms with Gasteiger partial charge in [0.15, 0.2) is 0 Å². The van der Waals surface area contributed by atoms with Gasteiger partial charge in [-0.2, -0.15) is 0 Å². The van der Waals surface area contributed by atoms with E-state index >= 15 is 0 Å². The second kappa shape index (κ2) is 7.75. The molecule has 1 aliphatic heterocycles. The first-order valence-electron chi connectivity index (χ1n) is 8.27. The zero-order valence-electron chi connectivity index (χ0n) is 13.7. The second-order valence-corrected chi connectivity index (χ2v) is 7.56. The molecule has 118 valence electrons. The Morgan fingerprint density at radius 2 is 1.95 bits per heavy atom. The average Bonchev–Trinajstić information content (AvgIpc) is 2.48. The Kier molecular flexibility index (Phi) is 6.27. The predicted octanol–water partition coefficient (Wildman–Crippen LogP) is 4.23. The summed E-state index contributed by atoms with van der Waals surface area (Å²) in [6, 6.07) is 9.20. The highest BCUT2D eigenvalue weighted by Crippen LogP contribution is 2.26. The minimum absolute atomic E-state index is 0.193. The summed E-state index contributed by atoms with van der Waals surface area (Å²) >= 11 is 3.59. The molecule has 1 atom stereocenters. The standard InChI is InChI=1S/C18H29BrN2/c1-4-20-17(14-15-9-8-10-16(19)13-15)18(2,3)21-11-6-5-7-12-21/h8-10,13,17,20H,4-7,11-12,14H2,1-3H3. The lowest BCUT2D eigenvalue weighted by molar-refractivity contribution is 0.0616. The highest BCUT2D eigenvalue weighted by Gasteiger charge is 2.35. The molecule has 0 amide bonds. The highest BCUT2D eigenvalue weighted by atomic mass is 79.9. The van der Waals surface area contributed by atoms with Gasteiger partial charge in [0.05, 0.1) is 0 Å². The molecular formula is C18H29BrN2. The van der Waals surface area contributed by atoms with Crippen molar-refractivity contribution in [1.29, 1.82) is 0 Å². The van der Waals surface area contributed by atoms with Crippen molar-refractivity contribution in [3.05, 3.63) is 34.3 Å². The summed E-state index contributed by atoms with van der Waals surface area (Å²) in [4.78, 5) is 2.68. The fraction of sp³-hybridized carbons (Fsp3) is 0.667. The maximum atomic E-state index is 3.73. The third kappa shape index (κ3) is 4.54. The van der Waals surface area contributed by atoms with Crippen LogP contribution in [0.5, 0.6) is 0 Å². The van der Waals surface area contributed by atoms with Crippen LogP contribution >= 0.6 is 15.9 Å². The number of hydrogen-bond acceptors (Lipinski definition) is 2. The van der Waals surface area contributed by atoms with Gasteiger partial charge in [-0.1, -0.05) is 41.4 Å². The van der Waals surface area contributed by atoms with Crippen LogP contribution in [0, 0.1) is 0 Å². The highest BCUT2D eigenvalue weighted by molar-refractivity contribution is 9.10. The molecule has 0 aromatic heterocycles. The van der Waals surface area contributed by atoms with E-state index in [2.05, 4.69) is 71.2 Å². The first-order valence-corrected chi connectivity index (χ1v) is 9.06. The molecule has 1 aromatic carbocycles. The molecule has 1 N–H and O–H groups in total. The Hall–Kier alpha value is -0.380. The van der Waals surface area contributed by atoms with E-state index < -0.39 is 0 Å². The minimum Gasteiger partial charge on any atom is -0.312 e. The number of halogens is 1. The van der Waals surface area contributed by atoms with Crippen molar-refractivity contribution in [2.45, 2.75) is 58.0 Å². The van der Waals surface area contributed by atoms with E-state index in [1.54, 1.807) is 0 Å². The SMILES string of the molecule is CCNC(Cc1cccc(Br)c1)C(C)(C)N1CCCCC1. The normalized spacial score (nSPS) is 18.7. The third-order valence-corrected chi connectivity index (χ3v) is 5.30. The number of benzene rings is 1. The molecule has 1 unspecified atom stereocenters. The van der Waals surface area contributed by atoms with Crippen molar-refractivity contribution >= 4 is 15.9 Å². The number of hydrogen-bond donors (Lipinski definition) is 1. The Morgan fingerprint density at radius 3 is 2.57 bits per heavy atom. The lowest BCUT2D eigenvalue weighted by Crippen LogP contribution is -2.59. The van der Waals surface area contributed by atoms with Crippen LogP contribution < -0.4 is 5.32 Å². The van der Waals surface area contributed by atoms with E-state index in [0.717, 1.165) is 13.0 Å².